The highest BCUT2D eigenvalue weighted by Crippen LogP contribution is 2.16. The zero-order valence-corrected chi connectivity index (χ0v) is 16.6. The van der Waals surface area contributed by atoms with Crippen LogP contribution in [0.2, 0.25) is 0 Å². The normalized spacial score (nSPS) is 11.2. The van der Waals surface area contributed by atoms with E-state index in [0.29, 0.717) is 18.0 Å². The van der Waals surface area contributed by atoms with Crippen LogP contribution < -0.4 is 15.4 Å². The number of benzene rings is 2. The Kier molecular flexibility index (Phi) is 8.69. The van der Waals surface area contributed by atoms with Gasteiger partial charge in [-0.15, -0.1) is 0 Å². The van der Waals surface area contributed by atoms with Crippen molar-refractivity contribution in [2.75, 3.05) is 18.5 Å². The molecule has 0 spiro atoms. The van der Waals surface area contributed by atoms with E-state index >= 15 is 0 Å². The zero-order chi connectivity index (χ0) is 21.1. The van der Waals surface area contributed by atoms with Crippen molar-refractivity contribution in [3.8, 4) is 5.75 Å². The van der Waals surface area contributed by atoms with Crippen molar-refractivity contribution >= 4 is 23.5 Å². The van der Waals surface area contributed by atoms with Gasteiger partial charge in [-0.25, -0.2) is 0 Å². The van der Waals surface area contributed by atoms with Gasteiger partial charge in [0, 0.05) is 12.1 Å². The van der Waals surface area contributed by atoms with Crippen LogP contribution in [0.1, 0.15) is 38.3 Å². The smallest absolute Gasteiger partial charge is 0.306 e. The van der Waals surface area contributed by atoms with Gasteiger partial charge in [0.05, 0.1) is 19.1 Å². The number of hydrogen-bond donors (Lipinski definition) is 2. The summed E-state index contributed by atoms with van der Waals surface area (Å²) in [6, 6.07) is 16.2. The molecule has 0 aromatic heterocycles. The van der Waals surface area contributed by atoms with Crippen LogP contribution in [0.4, 0.5) is 5.69 Å². The van der Waals surface area contributed by atoms with Gasteiger partial charge in [-0.2, -0.15) is 0 Å². The molecule has 0 aliphatic rings. The molecule has 154 valence electrons. The van der Waals surface area contributed by atoms with Crippen molar-refractivity contribution < 1.29 is 23.9 Å². The van der Waals surface area contributed by atoms with E-state index in [0.717, 1.165) is 5.56 Å². The minimum absolute atomic E-state index is 0.0336. The minimum Gasteiger partial charge on any atom is -0.494 e. The first kappa shape index (κ1) is 21.9. The van der Waals surface area contributed by atoms with Crippen molar-refractivity contribution in [1.29, 1.82) is 0 Å². The fourth-order valence-electron chi connectivity index (χ4n) is 2.57. The van der Waals surface area contributed by atoms with E-state index in [-0.39, 0.29) is 31.4 Å². The second kappa shape index (κ2) is 11.5. The maximum Gasteiger partial charge on any atom is 0.306 e. The highest BCUT2D eigenvalue weighted by Gasteiger charge is 2.13. The molecule has 0 aliphatic carbocycles. The Hall–Kier alpha value is -3.35. The van der Waals surface area contributed by atoms with Crippen LogP contribution in [0.5, 0.6) is 5.75 Å². The van der Waals surface area contributed by atoms with E-state index in [2.05, 4.69) is 10.6 Å². The van der Waals surface area contributed by atoms with E-state index in [1.165, 1.54) is 0 Å². The quantitative estimate of drug-likeness (QED) is 0.600. The maximum atomic E-state index is 11.9. The van der Waals surface area contributed by atoms with Gasteiger partial charge in [0.15, 0.2) is 6.61 Å². The van der Waals surface area contributed by atoms with Gasteiger partial charge in [0.2, 0.25) is 5.91 Å². The highest BCUT2D eigenvalue weighted by molar-refractivity contribution is 5.92. The molecule has 7 heteroatoms. The second-order valence-electron chi connectivity index (χ2n) is 6.37. The van der Waals surface area contributed by atoms with Crippen LogP contribution in [-0.2, 0) is 19.1 Å². The standard InChI is InChI=1S/C22H26N2O5/c1-3-28-19-11-9-18(10-12-19)24-20(25)13-14-22(27)29-15-21(26)23-16(2)17-7-5-4-6-8-17/h4-12,16H,3,13-15H2,1-2H3,(H,23,26)(H,24,25)/t16-/m1/s1. The summed E-state index contributed by atoms with van der Waals surface area (Å²) >= 11 is 0. The van der Waals surface area contributed by atoms with Crippen molar-refractivity contribution in [3.63, 3.8) is 0 Å². The lowest BCUT2D eigenvalue weighted by Crippen LogP contribution is -2.31. The van der Waals surface area contributed by atoms with Gasteiger partial charge in [0.25, 0.3) is 5.91 Å². The molecule has 0 unspecified atom stereocenters. The third kappa shape index (κ3) is 8.04. The van der Waals surface area contributed by atoms with Crippen LogP contribution >= 0.6 is 0 Å². The topological polar surface area (TPSA) is 93.7 Å². The lowest BCUT2D eigenvalue weighted by molar-refractivity contribution is -0.149. The van der Waals surface area contributed by atoms with Crippen LogP contribution in [0.15, 0.2) is 54.6 Å². The van der Waals surface area contributed by atoms with Crippen molar-refractivity contribution in [3.05, 3.63) is 60.2 Å². The number of esters is 1. The Morgan fingerprint density at radius 3 is 2.28 bits per heavy atom. The SMILES string of the molecule is CCOc1ccc(NC(=O)CCC(=O)OCC(=O)N[C@H](C)c2ccccc2)cc1. The van der Waals surface area contributed by atoms with E-state index in [9.17, 15) is 14.4 Å². The van der Waals surface area contributed by atoms with Crippen LogP contribution in [0.25, 0.3) is 0 Å². The van der Waals surface area contributed by atoms with Crippen LogP contribution in [0.3, 0.4) is 0 Å². The molecule has 1 atom stereocenters. The molecule has 0 bridgehead atoms. The van der Waals surface area contributed by atoms with Gasteiger partial charge in [-0.3, -0.25) is 14.4 Å². The highest BCUT2D eigenvalue weighted by atomic mass is 16.5. The number of nitrogens with one attached hydrogen (secondary N) is 2. The number of anilines is 1. The molecule has 0 saturated heterocycles. The molecular formula is C22H26N2O5. The van der Waals surface area contributed by atoms with E-state index in [1.54, 1.807) is 24.3 Å². The van der Waals surface area contributed by atoms with Crippen molar-refractivity contribution in [1.82, 2.24) is 5.32 Å². The van der Waals surface area contributed by atoms with Gasteiger partial charge in [-0.1, -0.05) is 30.3 Å². The number of carbonyl (C=O) groups is 3. The molecule has 0 saturated carbocycles. The van der Waals surface area contributed by atoms with Crippen LogP contribution in [0, 0.1) is 0 Å². The molecule has 2 rings (SSSR count). The molecule has 0 fully saturated rings. The third-order valence-electron chi connectivity index (χ3n) is 4.05. The first-order valence-electron chi connectivity index (χ1n) is 9.50. The number of rotatable bonds is 10. The van der Waals surface area contributed by atoms with E-state index < -0.39 is 11.9 Å². The lowest BCUT2D eigenvalue weighted by Gasteiger charge is -2.14. The minimum atomic E-state index is -0.602. The number of carbonyl (C=O) groups excluding carboxylic acids is 3. The fourth-order valence-corrected chi connectivity index (χ4v) is 2.57. The Morgan fingerprint density at radius 1 is 0.931 bits per heavy atom. The summed E-state index contributed by atoms with van der Waals surface area (Å²) in [5, 5.41) is 5.45. The van der Waals surface area contributed by atoms with Crippen molar-refractivity contribution in [2.45, 2.75) is 32.7 Å². The molecular weight excluding hydrogens is 372 g/mol. The van der Waals surface area contributed by atoms with Gasteiger partial charge >= 0.3 is 5.97 Å². The van der Waals surface area contributed by atoms with E-state index in [4.69, 9.17) is 9.47 Å². The molecule has 29 heavy (non-hydrogen) atoms. The summed E-state index contributed by atoms with van der Waals surface area (Å²) in [5.41, 5.74) is 1.57. The zero-order valence-electron chi connectivity index (χ0n) is 16.6. The summed E-state index contributed by atoms with van der Waals surface area (Å²) < 4.78 is 10.3. The summed E-state index contributed by atoms with van der Waals surface area (Å²) in [7, 11) is 0. The summed E-state index contributed by atoms with van der Waals surface area (Å²) in [4.78, 5) is 35.6. The maximum absolute atomic E-state index is 11.9. The predicted molar refractivity (Wildman–Crippen MR) is 109 cm³/mol. The molecule has 2 N–H and O–H groups in total. The monoisotopic (exact) mass is 398 g/mol. The average molecular weight is 398 g/mol. The molecule has 2 aromatic rings. The Morgan fingerprint density at radius 2 is 1.62 bits per heavy atom. The molecule has 7 nitrogen and oxygen atoms in total. The van der Waals surface area contributed by atoms with Gasteiger partial charge in [0.1, 0.15) is 5.75 Å². The van der Waals surface area contributed by atoms with Gasteiger partial charge in [-0.05, 0) is 43.7 Å². The summed E-state index contributed by atoms with van der Waals surface area (Å²) in [6.45, 7) is 3.93. The largest absolute Gasteiger partial charge is 0.494 e. The first-order valence-corrected chi connectivity index (χ1v) is 9.50. The van der Waals surface area contributed by atoms with Crippen molar-refractivity contribution in [2.24, 2.45) is 0 Å². The molecule has 0 radical (unpaired) electrons. The molecule has 0 aliphatic heterocycles. The van der Waals surface area contributed by atoms with Gasteiger partial charge < -0.3 is 20.1 Å². The summed E-state index contributed by atoms with van der Waals surface area (Å²) in [6.07, 6.45) is -0.140. The Labute approximate surface area is 170 Å². The Bertz CT molecular complexity index is 806. The number of ether oxygens (including phenoxy) is 2. The third-order valence-corrected chi connectivity index (χ3v) is 4.05. The summed E-state index contributed by atoms with van der Waals surface area (Å²) in [5.74, 6) is -0.593. The predicted octanol–water partition coefficient (Wildman–Crippen LogP) is 3.22. The molecule has 0 heterocycles. The molecule has 2 aromatic carbocycles. The Balaban J connectivity index is 1.65. The number of amides is 2. The second-order valence-corrected chi connectivity index (χ2v) is 6.37. The lowest BCUT2D eigenvalue weighted by atomic mass is 10.1. The fraction of sp³-hybridized carbons (Fsp3) is 0.318. The molecule has 2 amide bonds. The average Bonchev–Trinajstić information content (AvgIpc) is 2.73. The van der Waals surface area contributed by atoms with E-state index in [1.807, 2.05) is 44.2 Å². The van der Waals surface area contributed by atoms with Crippen LogP contribution in [-0.4, -0.2) is 31.0 Å². The first-order chi connectivity index (χ1) is 14.0. The number of hydrogen-bond acceptors (Lipinski definition) is 5.